The lowest BCUT2D eigenvalue weighted by Gasteiger charge is -2.19. The van der Waals surface area contributed by atoms with Crippen molar-refractivity contribution in [2.75, 3.05) is 5.32 Å². The molecule has 0 atom stereocenters. The lowest BCUT2D eigenvalue weighted by molar-refractivity contribution is 0.790. The van der Waals surface area contributed by atoms with E-state index in [0.29, 0.717) is 5.82 Å². The summed E-state index contributed by atoms with van der Waals surface area (Å²) < 4.78 is 1.49. The molecular weight excluding hydrogens is 246 g/mol. The van der Waals surface area contributed by atoms with Gasteiger partial charge in [-0.15, -0.1) is 0 Å². The maximum absolute atomic E-state index is 11.4. The molecule has 1 aromatic carbocycles. The van der Waals surface area contributed by atoms with E-state index in [1.807, 2.05) is 38.1 Å². The van der Waals surface area contributed by atoms with Crippen molar-refractivity contribution < 1.29 is 0 Å². The van der Waals surface area contributed by atoms with Crippen LogP contribution in [0.25, 0.3) is 0 Å². The largest absolute Gasteiger partial charge is 0.349 e. The van der Waals surface area contributed by atoms with Gasteiger partial charge in [0.05, 0.1) is 10.6 Å². The standard InChI is InChI=1S/C11H9N3OS.C2H6/c1-14-6-9-10(13-11(14)15)12-7-4-2-3-5-8(7)16-9;1-2/h2-6H,1H3,(H,12,13,15);1-2H3. The molecule has 3 rings (SSSR count). The summed E-state index contributed by atoms with van der Waals surface area (Å²) >= 11 is 1.62. The Morgan fingerprint density at radius 3 is 2.72 bits per heavy atom. The number of aryl methyl sites for hydroxylation is 1. The van der Waals surface area contributed by atoms with Crippen molar-refractivity contribution >= 4 is 23.3 Å². The average molecular weight is 261 g/mol. The minimum atomic E-state index is -0.244. The van der Waals surface area contributed by atoms with Crippen LogP contribution in [0.5, 0.6) is 0 Å². The van der Waals surface area contributed by atoms with Gasteiger partial charge in [-0.1, -0.05) is 37.7 Å². The predicted molar refractivity (Wildman–Crippen MR) is 74.7 cm³/mol. The van der Waals surface area contributed by atoms with E-state index >= 15 is 0 Å². The van der Waals surface area contributed by atoms with E-state index in [1.165, 1.54) is 4.57 Å². The third-order valence-corrected chi connectivity index (χ3v) is 3.51. The highest BCUT2D eigenvalue weighted by molar-refractivity contribution is 7.99. The lowest BCUT2D eigenvalue weighted by Crippen LogP contribution is -2.21. The summed E-state index contributed by atoms with van der Waals surface area (Å²) in [7, 11) is 1.71. The van der Waals surface area contributed by atoms with Crippen molar-refractivity contribution in [2.24, 2.45) is 7.05 Å². The Balaban J connectivity index is 0.000000574. The molecule has 1 aliphatic heterocycles. The Kier molecular flexibility index (Phi) is 3.72. The second kappa shape index (κ2) is 5.27. The quantitative estimate of drug-likeness (QED) is 0.675. The number of hydrogen-bond donors (Lipinski definition) is 1. The molecular formula is C13H15N3OS. The second-order valence-corrected chi connectivity index (χ2v) is 4.65. The molecule has 0 amide bonds. The molecule has 0 spiro atoms. The van der Waals surface area contributed by atoms with E-state index in [9.17, 15) is 4.79 Å². The van der Waals surface area contributed by atoms with Gasteiger partial charge in [0.2, 0.25) is 0 Å². The van der Waals surface area contributed by atoms with E-state index in [2.05, 4.69) is 10.3 Å². The van der Waals surface area contributed by atoms with Crippen LogP contribution >= 0.6 is 11.8 Å². The monoisotopic (exact) mass is 261 g/mol. The SMILES string of the molecule is CC.Cn1cc2c(nc1=O)Nc1ccccc1S2. The third-order valence-electron chi connectivity index (χ3n) is 2.41. The molecule has 5 heteroatoms. The van der Waals surface area contributed by atoms with E-state index in [1.54, 1.807) is 25.0 Å². The normalized spacial score (nSPS) is 11.5. The zero-order valence-electron chi connectivity index (χ0n) is 10.6. The lowest BCUT2D eigenvalue weighted by atomic mass is 10.3. The molecule has 0 radical (unpaired) electrons. The molecule has 0 saturated carbocycles. The number of hydrogen-bond acceptors (Lipinski definition) is 4. The van der Waals surface area contributed by atoms with Crippen LogP contribution in [0.15, 0.2) is 45.0 Å². The molecule has 1 N–H and O–H groups in total. The van der Waals surface area contributed by atoms with Crippen LogP contribution in [0.1, 0.15) is 13.8 Å². The molecule has 0 aliphatic carbocycles. The van der Waals surface area contributed by atoms with Gasteiger partial charge >= 0.3 is 5.69 Å². The number of rotatable bonds is 0. The predicted octanol–water partition coefficient (Wildman–Crippen LogP) is 3.01. The Labute approximate surface area is 110 Å². The van der Waals surface area contributed by atoms with Gasteiger partial charge in [0.1, 0.15) is 0 Å². The van der Waals surface area contributed by atoms with Crippen LogP contribution < -0.4 is 11.0 Å². The summed E-state index contributed by atoms with van der Waals surface area (Å²) in [4.78, 5) is 17.5. The molecule has 1 aromatic heterocycles. The van der Waals surface area contributed by atoms with Crippen LogP contribution in [0.2, 0.25) is 0 Å². The van der Waals surface area contributed by atoms with E-state index in [0.717, 1.165) is 15.5 Å². The van der Waals surface area contributed by atoms with Crippen LogP contribution in [-0.4, -0.2) is 9.55 Å². The minimum Gasteiger partial charge on any atom is -0.338 e. The molecule has 0 fully saturated rings. The van der Waals surface area contributed by atoms with Crippen molar-refractivity contribution in [2.45, 2.75) is 23.6 Å². The van der Waals surface area contributed by atoms with E-state index < -0.39 is 0 Å². The minimum absolute atomic E-state index is 0.244. The summed E-state index contributed by atoms with van der Waals surface area (Å²) in [5.74, 6) is 0.645. The summed E-state index contributed by atoms with van der Waals surface area (Å²) in [6.45, 7) is 4.00. The molecule has 2 heterocycles. The summed E-state index contributed by atoms with van der Waals surface area (Å²) in [6, 6.07) is 7.97. The zero-order valence-corrected chi connectivity index (χ0v) is 11.4. The maximum Gasteiger partial charge on any atom is 0.349 e. The van der Waals surface area contributed by atoms with Gasteiger partial charge in [-0.3, -0.25) is 0 Å². The number of benzene rings is 1. The number of nitrogens with zero attached hydrogens (tertiary/aromatic N) is 2. The number of para-hydroxylation sites is 1. The summed E-state index contributed by atoms with van der Waals surface area (Å²) in [6.07, 6.45) is 1.80. The number of fused-ring (bicyclic) bond motifs is 2. The molecule has 4 nitrogen and oxygen atoms in total. The Bertz CT molecular complexity index is 622. The van der Waals surface area contributed by atoms with Crippen molar-refractivity contribution in [3.8, 4) is 0 Å². The molecule has 94 valence electrons. The third kappa shape index (κ3) is 2.26. The van der Waals surface area contributed by atoms with Gasteiger partial charge in [-0.05, 0) is 12.1 Å². The van der Waals surface area contributed by atoms with Crippen LogP contribution in [0, 0.1) is 0 Å². The van der Waals surface area contributed by atoms with Gasteiger partial charge in [-0.2, -0.15) is 4.98 Å². The van der Waals surface area contributed by atoms with Crippen molar-refractivity contribution in [3.63, 3.8) is 0 Å². The Morgan fingerprint density at radius 2 is 1.94 bits per heavy atom. The van der Waals surface area contributed by atoms with Gasteiger partial charge in [0, 0.05) is 18.1 Å². The van der Waals surface area contributed by atoms with Gasteiger partial charge < -0.3 is 9.88 Å². The molecule has 0 unspecified atom stereocenters. The van der Waals surface area contributed by atoms with Gasteiger partial charge in [-0.25, -0.2) is 4.79 Å². The van der Waals surface area contributed by atoms with E-state index in [-0.39, 0.29) is 5.69 Å². The van der Waals surface area contributed by atoms with Gasteiger partial charge in [0.25, 0.3) is 0 Å². The number of anilines is 2. The molecule has 0 saturated heterocycles. The van der Waals surface area contributed by atoms with Crippen molar-refractivity contribution in [3.05, 3.63) is 40.9 Å². The molecule has 2 aromatic rings. The Morgan fingerprint density at radius 1 is 1.22 bits per heavy atom. The highest BCUT2D eigenvalue weighted by Crippen LogP contribution is 2.41. The molecule has 0 bridgehead atoms. The first-order valence-electron chi connectivity index (χ1n) is 5.85. The highest BCUT2D eigenvalue weighted by atomic mass is 32.2. The fourth-order valence-electron chi connectivity index (χ4n) is 1.59. The van der Waals surface area contributed by atoms with Crippen molar-refractivity contribution in [1.29, 1.82) is 0 Å². The van der Waals surface area contributed by atoms with Crippen molar-refractivity contribution in [1.82, 2.24) is 9.55 Å². The second-order valence-electron chi connectivity index (χ2n) is 3.57. The first-order valence-corrected chi connectivity index (χ1v) is 6.67. The first-order chi connectivity index (χ1) is 8.74. The molecule has 18 heavy (non-hydrogen) atoms. The van der Waals surface area contributed by atoms with Gasteiger partial charge in [0.15, 0.2) is 5.82 Å². The first kappa shape index (κ1) is 12.7. The number of aromatic nitrogens is 2. The average Bonchev–Trinajstić information content (AvgIpc) is 2.40. The zero-order chi connectivity index (χ0) is 13.1. The highest BCUT2D eigenvalue weighted by Gasteiger charge is 2.17. The summed E-state index contributed by atoms with van der Waals surface area (Å²) in [5, 5.41) is 3.16. The molecule has 1 aliphatic rings. The summed E-state index contributed by atoms with van der Waals surface area (Å²) in [5.41, 5.74) is 0.756. The topological polar surface area (TPSA) is 46.9 Å². The Hall–Kier alpha value is -1.75. The number of nitrogens with one attached hydrogen (secondary N) is 1. The van der Waals surface area contributed by atoms with Crippen LogP contribution in [0.3, 0.4) is 0 Å². The van der Waals surface area contributed by atoms with E-state index in [4.69, 9.17) is 0 Å². The fourth-order valence-corrected chi connectivity index (χ4v) is 2.61. The fraction of sp³-hybridized carbons (Fsp3) is 0.231. The maximum atomic E-state index is 11.4. The smallest absolute Gasteiger partial charge is 0.338 e. The van der Waals surface area contributed by atoms with Crippen LogP contribution in [0.4, 0.5) is 11.5 Å². The van der Waals surface area contributed by atoms with Crippen LogP contribution in [-0.2, 0) is 7.05 Å².